The minimum absolute atomic E-state index is 0.0351. The van der Waals surface area contributed by atoms with E-state index in [0.29, 0.717) is 13.0 Å². The number of nitrogens with one attached hydrogen (secondary N) is 1. The summed E-state index contributed by atoms with van der Waals surface area (Å²) in [5.41, 5.74) is 1.86. The molecule has 6 nitrogen and oxygen atoms in total. The Morgan fingerprint density at radius 2 is 1.85 bits per heavy atom. The predicted octanol–water partition coefficient (Wildman–Crippen LogP) is 3.45. The first kappa shape index (κ1) is 20.1. The van der Waals surface area contributed by atoms with Gasteiger partial charge in [-0.25, -0.2) is 13.2 Å². The van der Waals surface area contributed by atoms with Gasteiger partial charge < -0.3 is 4.74 Å². The number of carbonyl (C=O) groups is 1. The van der Waals surface area contributed by atoms with E-state index in [-0.39, 0.29) is 15.4 Å². The number of ether oxygens (including phenoxy) is 1. The van der Waals surface area contributed by atoms with Crippen LogP contribution in [0.5, 0.6) is 0 Å². The number of sulfonamides is 1. The highest BCUT2D eigenvalue weighted by Crippen LogP contribution is 2.26. The van der Waals surface area contributed by atoms with Crippen molar-refractivity contribution in [1.82, 2.24) is 9.62 Å². The molecule has 2 aromatic rings. The summed E-state index contributed by atoms with van der Waals surface area (Å²) >= 11 is 2.17. The maximum Gasteiger partial charge on any atom is 0.411 e. The first-order valence-corrected chi connectivity index (χ1v) is 11.3. The number of hydrogen-bond donors (Lipinski definition) is 1. The minimum atomic E-state index is -3.73. The van der Waals surface area contributed by atoms with Crippen LogP contribution in [-0.2, 0) is 21.4 Å². The molecule has 0 aliphatic carbocycles. The molecule has 2 aromatic carbocycles. The molecule has 1 aliphatic rings. The van der Waals surface area contributed by atoms with Crippen LogP contribution in [0.1, 0.15) is 17.5 Å². The van der Waals surface area contributed by atoms with Crippen LogP contribution >= 0.6 is 22.6 Å². The second-order valence-electron chi connectivity index (χ2n) is 6.42. The molecule has 1 aliphatic heterocycles. The van der Waals surface area contributed by atoms with Crippen molar-refractivity contribution in [2.45, 2.75) is 34.9 Å². The SMILES string of the molecule is Cc1ccc(S(=O)(=O)NC2C(I)CCN2C(=O)OCc2ccccc2)cc1. The largest absolute Gasteiger partial charge is 0.445 e. The summed E-state index contributed by atoms with van der Waals surface area (Å²) in [6.45, 7) is 2.49. The molecule has 1 saturated heterocycles. The molecule has 0 aromatic heterocycles. The van der Waals surface area contributed by atoms with Gasteiger partial charge in [0.05, 0.1) is 4.90 Å². The van der Waals surface area contributed by atoms with E-state index in [1.807, 2.05) is 37.3 Å². The predicted molar refractivity (Wildman–Crippen MR) is 111 cm³/mol. The zero-order chi connectivity index (χ0) is 19.4. The highest BCUT2D eigenvalue weighted by molar-refractivity contribution is 14.1. The van der Waals surface area contributed by atoms with Crippen LogP contribution in [-0.4, -0.2) is 36.0 Å². The average molecular weight is 500 g/mol. The van der Waals surface area contributed by atoms with E-state index in [1.54, 1.807) is 24.3 Å². The number of alkyl halides is 1. The van der Waals surface area contributed by atoms with Crippen LogP contribution < -0.4 is 4.72 Å². The number of hydrogen-bond acceptors (Lipinski definition) is 4. The highest BCUT2D eigenvalue weighted by atomic mass is 127. The summed E-state index contributed by atoms with van der Waals surface area (Å²) in [6.07, 6.45) is -0.461. The van der Waals surface area contributed by atoms with Crippen molar-refractivity contribution in [2.24, 2.45) is 0 Å². The van der Waals surface area contributed by atoms with E-state index < -0.39 is 22.3 Å². The van der Waals surface area contributed by atoms with Gasteiger partial charge in [0.25, 0.3) is 0 Å². The molecule has 1 N–H and O–H groups in total. The van der Waals surface area contributed by atoms with E-state index in [1.165, 1.54) is 4.90 Å². The normalized spacial score (nSPS) is 19.9. The molecule has 8 heteroatoms. The van der Waals surface area contributed by atoms with Crippen LogP contribution in [0.4, 0.5) is 4.79 Å². The Hall–Kier alpha value is -1.65. The van der Waals surface area contributed by atoms with Gasteiger partial charge in [-0.3, -0.25) is 4.90 Å². The number of likely N-dealkylation sites (tertiary alicyclic amines) is 1. The van der Waals surface area contributed by atoms with Gasteiger partial charge in [0.15, 0.2) is 0 Å². The standard InChI is InChI=1S/C19H21IN2O4S/c1-14-7-9-16(10-8-14)27(24,25)21-18-17(20)11-12-22(18)19(23)26-13-15-5-3-2-4-6-15/h2-10,17-18,21H,11-13H2,1H3. The number of nitrogens with zero attached hydrogens (tertiary/aromatic N) is 1. The van der Waals surface area contributed by atoms with Gasteiger partial charge in [-0.1, -0.05) is 70.6 Å². The van der Waals surface area contributed by atoms with Crippen LogP contribution in [0.3, 0.4) is 0 Å². The zero-order valence-corrected chi connectivity index (χ0v) is 17.8. The Balaban J connectivity index is 1.69. The van der Waals surface area contributed by atoms with Crippen molar-refractivity contribution in [2.75, 3.05) is 6.54 Å². The number of halogens is 1. The van der Waals surface area contributed by atoms with Crippen LogP contribution in [0.25, 0.3) is 0 Å². The Labute approximate surface area is 173 Å². The van der Waals surface area contributed by atoms with E-state index in [2.05, 4.69) is 27.3 Å². The summed E-state index contributed by atoms with van der Waals surface area (Å²) in [5, 5.41) is 0. The van der Waals surface area contributed by atoms with Crippen molar-refractivity contribution in [3.8, 4) is 0 Å². The first-order chi connectivity index (χ1) is 12.9. The molecule has 1 fully saturated rings. The molecule has 0 spiro atoms. The number of amides is 1. The molecule has 0 saturated carbocycles. The summed E-state index contributed by atoms with van der Waals surface area (Å²) in [4.78, 5) is 14.1. The van der Waals surface area contributed by atoms with Gasteiger partial charge in [0.1, 0.15) is 12.8 Å². The monoisotopic (exact) mass is 500 g/mol. The average Bonchev–Trinajstić information content (AvgIpc) is 3.01. The molecule has 2 atom stereocenters. The fourth-order valence-electron chi connectivity index (χ4n) is 2.84. The minimum Gasteiger partial charge on any atom is -0.445 e. The lowest BCUT2D eigenvalue weighted by atomic mass is 10.2. The lowest BCUT2D eigenvalue weighted by molar-refractivity contribution is 0.0913. The van der Waals surface area contributed by atoms with Gasteiger partial charge in [0.2, 0.25) is 10.0 Å². The van der Waals surface area contributed by atoms with E-state index >= 15 is 0 Å². The molecule has 1 heterocycles. The summed E-state index contributed by atoms with van der Waals surface area (Å²) < 4.78 is 33.4. The van der Waals surface area contributed by atoms with Crippen molar-refractivity contribution < 1.29 is 17.9 Å². The lowest BCUT2D eigenvalue weighted by Gasteiger charge is -2.26. The molecule has 0 bridgehead atoms. The maximum atomic E-state index is 12.7. The third-order valence-corrected chi connectivity index (χ3v) is 7.12. The molecular weight excluding hydrogens is 479 g/mol. The third-order valence-electron chi connectivity index (χ3n) is 4.37. The summed E-state index contributed by atoms with van der Waals surface area (Å²) in [6, 6.07) is 16.0. The second-order valence-corrected chi connectivity index (χ2v) is 9.73. The van der Waals surface area contributed by atoms with Gasteiger partial charge in [-0.05, 0) is 31.0 Å². The maximum absolute atomic E-state index is 12.7. The fraction of sp³-hybridized carbons (Fsp3) is 0.316. The van der Waals surface area contributed by atoms with Crippen LogP contribution in [0.15, 0.2) is 59.5 Å². The number of aryl methyl sites for hydroxylation is 1. The third kappa shape index (κ3) is 4.99. The summed E-state index contributed by atoms with van der Waals surface area (Å²) in [5.74, 6) is 0. The highest BCUT2D eigenvalue weighted by Gasteiger charge is 2.39. The van der Waals surface area contributed by atoms with Crippen molar-refractivity contribution in [3.63, 3.8) is 0 Å². The Bertz CT molecular complexity index is 888. The van der Waals surface area contributed by atoms with Gasteiger partial charge >= 0.3 is 6.09 Å². The summed E-state index contributed by atoms with van der Waals surface area (Å²) in [7, 11) is -3.73. The first-order valence-electron chi connectivity index (χ1n) is 8.57. The fourth-order valence-corrected chi connectivity index (χ4v) is 5.17. The second kappa shape index (κ2) is 8.57. The van der Waals surface area contributed by atoms with Gasteiger partial charge in [-0.2, -0.15) is 4.72 Å². The molecule has 2 unspecified atom stereocenters. The van der Waals surface area contributed by atoms with E-state index in [4.69, 9.17) is 4.74 Å². The van der Waals surface area contributed by atoms with Crippen molar-refractivity contribution >= 4 is 38.7 Å². The number of carbonyl (C=O) groups excluding carboxylic acids is 1. The Kier molecular flexibility index (Phi) is 6.38. The molecule has 0 radical (unpaired) electrons. The van der Waals surface area contributed by atoms with Gasteiger partial charge in [0, 0.05) is 10.5 Å². The van der Waals surface area contributed by atoms with Gasteiger partial charge in [-0.15, -0.1) is 0 Å². The Morgan fingerprint density at radius 1 is 1.19 bits per heavy atom. The topological polar surface area (TPSA) is 75.7 Å². The van der Waals surface area contributed by atoms with Crippen molar-refractivity contribution in [1.29, 1.82) is 0 Å². The van der Waals surface area contributed by atoms with E-state index in [0.717, 1.165) is 11.1 Å². The number of rotatable bonds is 5. The molecule has 144 valence electrons. The molecule has 27 heavy (non-hydrogen) atoms. The van der Waals surface area contributed by atoms with Crippen LogP contribution in [0, 0.1) is 6.92 Å². The smallest absolute Gasteiger partial charge is 0.411 e. The van der Waals surface area contributed by atoms with Crippen LogP contribution in [0.2, 0.25) is 0 Å². The Morgan fingerprint density at radius 3 is 2.52 bits per heavy atom. The molecule has 3 rings (SSSR count). The van der Waals surface area contributed by atoms with E-state index in [9.17, 15) is 13.2 Å². The molecule has 1 amide bonds. The zero-order valence-electron chi connectivity index (χ0n) is 14.8. The molecular formula is C19H21IN2O4S. The number of benzene rings is 2. The quantitative estimate of drug-likeness (QED) is 0.504. The van der Waals surface area contributed by atoms with Crippen molar-refractivity contribution in [3.05, 3.63) is 65.7 Å². The lowest BCUT2D eigenvalue weighted by Crippen LogP contribution is -2.50.